The zero-order valence-corrected chi connectivity index (χ0v) is 12.6. The third-order valence-corrected chi connectivity index (χ3v) is 3.33. The molecule has 110 valence electrons. The number of hydrogen-bond donors (Lipinski definition) is 1. The highest BCUT2D eigenvalue weighted by molar-refractivity contribution is 6.30. The topological polar surface area (TPSA) is 68.0 Å². The molecular formula is C15H13ClN6. The molecule has 3 rings (SSSR count). The van der Waals surface area contributed by atoms with Crippen molar-refractivity contribution >= 4 is 23.0 Å². The van der Waals surface area contributed by atoms with Gasteiger partial charge in [0.2, 0.25) is 0 Å². The summed E-state index contributed by atoms with van der Waals surface area (Å²) in [5, 5.41) is 16.2. The third kappa shape index (κ3) is 3.29. The minimum Gasteiger partial charge on any atom is -0.278 e. The molecule has 1 aromatic heterocycles. The fourth-order valence-corrected chi connectivity index (χ4v) is 2.02. The molecule has 0 spiro atoms. The summed E-state index contributed by atoms with van der Waals surface area (Å²) in [5.74, 6) is 0. The van der Waals surface area contributed by atoms with Crippen molar-refractivity contribution in [3.05, 3.63) is 65.4 Å². The maximum Gasteiger partial charge on any atom is 0.143 e. The fourth-order valence-electron chi connectivity index (χ4n) is 1.89. The summed E-state index contributed by atoms with van der Waals surface area (Å²) in [6.07, 6.45) is 1.55. The number of hydrogen-bond acceptors (Lipinski definition) is 5. The lowest BCUT2D eigenvalue weighted by atomic mass is 10.1. The molecule has 7 heteroatoms. The number of aromatic nitrogens is 4. The molecule has 0 radical (unpaired) electrons. The summed E-state index contributed by atoms with van der Waals surface area (Å²) in [4.78, 5) is 0. The molecule has 2 aromatic carbocycles. The van der Waals surface area contributed by atoms with Gasteiger partial charge in [0.05, 0.1) is 17.1 Å². The summed E-state index contributed by atoms with van der Waals surface area (Å²) in [5.41, 5.74) is 6.59. The fraction of sp³-hybridized carbons (Fsp3) is 0.0667. The van der Waals surface area contributed by atoms with E-state index in [4.69, 9.17) is 11.6 Å². The number of nitrogens with zero attached hydrogens (tertiary/aromatic N) is 5. The van der Waals surface area contributed by atoms with E-state index in [1.54, 1.807) is 11.0 Å². The largest absolute Gasteiger partial charge is 0.278 e. The van der Waals surface area contributed by atoms with Gasteiger partial charge in [-0.3, -0.25) is 5.43 Å². The van der Waals surface area contributed by atoms with Gasteiger partial charge in [-0.25, -0.2) is 4.68 Å². The summed E-state index contributed by atoms with van der Waals surface area (Å²) in [6, 6.07) is 15.2. The second-order valence-electron chi connectivity index (χ2n) is 4.62. The van der Waals surface area contributed by atoms with Gasteiger partial charge in [-0.2, -0.15) is 5.10 Å². The lowest BCUT2D eigenvalue weighted by Gasteiger charge is -2.06. The first-order chi connectivity index (χ1) is 10.7. The molecule has 6 nitrogen and oxygen atoms in total. The standard InChI is InChI=1S/C15H13ClN6/c1-11(18-19-14-7-5-13(16)6-8-14)12-3-2-4-15(9-12)22-10-17-20-21-22/h2-10,19H,1H3/b18-11+. The highest BCUT2D eigenvalue weighted by Gasteiger charge is 2.02. The van der Waals surface area contributed by atoms with Crippen LogP contribution in [0.3, 0.4) is 0 Å². The predicted molar refractivity (Wildman–Crippen MR) is 86.4 cm³/mol. The minimum absolute atomic E-state index is 0.695. The van der Waals surface area contributed by atoms with Crippen LogP contribution in [-0.2, 0) is 0 Å². The van der Waals surface area contributed by atoms with Gasteiger partial charge in [-0.1, -0.05) is 23.7 Å². The number of rotatable bonds is 4. The van der Waals surface area contributed by atoms with E-state index in [1.807, 2.05) is 55.5 Å². The first-order valence-corrected chi connectivity index (χ1v) is 7.00. The Balaban J connectivity index is 1.79. The molecule has 22 heavy (non-hydrogen) atoms. The quantitative estimate of drug-likeness (QED) is 0.593. The lowest BCUT2D eigenvalue weighted by Crippen LogP contribution is -2.02. The normalized spacial score (nSPS) is 11.5. The van der Waals surface area contributed by atoms with Gasteiger partial charge >= 0.3 is 0 Å². The summed E-state index contributed by atoms with van der Waals surface area (Å²) >= 11 is 5.85. The molecule has 1 heterocycles. The number of hydrazone groups is 1. The molecule has 0 unspecified atom stereocenters. The van der Waals surface area contributed by atoms with E-state index < -0.39 is 0 Å². The zero-order chi connectivity index (χ0) is 15.4. The maximum absolute atomic E-state index is 5.85. The van der Waals surface area contributed by atoms with E-state index >= 15 is 0 Å². The van der Waals surface area contributed by atoms with E-state index in [-0.39, 0.29) is 0 Å². The monoisotopic (exact) mass is 312 g/mol. The van der Waals surface area contributed by atoms with Crippen LogP contribution in [0, 0.1) is 0 Å². The number of anilines is 1. The Hall–Kier alpha value is -2.73. The van der Waals surface area contributed by atoms with Crippen LogP contribution in [0.5, 0.6) is 0 Å². The Kier molecular flexibility index (Phi) is 4.11. The van der Waals surface area contributed by atoms with Crippen LogP contribution in [-0.4, -0.2) is 25.9 Å². The second kappa shape index (κ2) is 6.36. The van der Waals surface area contributed by atoms with Crippen molar-refractivity contribution in [2.75, 3.05) is 5.43 Å². The lowest BCUT2D eigenvalue weighted by molar-refractivity contribution is 0.789. The van der Waals surface area contributed by atoms with Gasteiger partial charge in [-0.15, -0.1) is 5.10 Å². The number of tetrazole rings is 1. The van der Waals surface area contributed by atoms with Crippen molar-refractivity contribution < 1.29 is 0 Å². The van der Waals surface area contributed by atoms with Gasteiger partial charge in [0.15, 0.2) is 0 Å². The first-order valence-electron chi connectivity index (χ1n) is 6.62. The Morgan fingerprint density at radius 2 is 2.00 bits per heavy atom. The van der Waals surface area contributed by atoms with Crippen molar-refractivity contribution in [2.24, 2.45) is 5.10 Å². The maximum atomic E-state index is 5.85. The van der Waals surface area contributed by atoms with E-state index in [0.29, 0.717) is 5.02 Å². The van der Waals surface area contributed by atoms with Gasteiger partial charge in [0.1, 0.15) is 6.33 Å². The van der Waals surface area contributed by atoms with E-state index in [9.17, 15) is 0 Å². The Morgan fingerprint density at radius 3 is 2.73 bits per heavy atom. The van der Waals surface area contributed by atoms with Crippen LogP contribution < -0.4 is 5.43 Å². The zero-order valence-electron chi connectivity index (χ0n) is 11.8. The molecule has 0 amide bonds. The van der Waals surface area contributed by atoms with Crippen molar-refractivity contribution in [2.45, 2.75) is 6.92 Å². The molecule has 1 N–H and O–H groups in total. The van der Waals surface area contributed by atoms with Crippen molar-refractivity contribution in [3.8, 4) is 5.69 Å². The van der Waals surface area contributed by atoms with Crippen LogP contribution in [0.1, 0.15) is 12.5 Å². The molecular weight excluding hydrogens is 300 g/mol. The summed E-state index contributed by atoms with van der Waals surface area (Å²) in [7, 11) is 0. The van der Waals surface area contributed by atoms with Gasteiger partial charge in [0, 0.05) is 5.02 Å². The molecule has 0 bridgehead atoms. The number of benzene rings is 2. The molecule has 0 aliphatic rings. The summed E-state index contributed by atoms with van der Waals surface area (Å²) in [6.45, 7) is 1.93. The van der Waals surface area contributed by atoms with Crippen molar-refractivity contribution in [3.63, 3.8) is 0 Å². The minimum atomic E-state index is 0.695. The van der Waals surface area contributed by atoms with Crippen LogP contribution in [0.25, 0.3) is 5.69 Å². The van der Waals surface area contributed by atoms with Gasteiger partial charge < -0.3 is 0 Å². The molecule has 0 aliphatic heterocycles. The van der Waals surface area contributed by atoms with Crippen molar-refractivity contribution in [1.82, 2.24) is 20.2 Å². The van der Waals surface area contributed by atoms with E-state index in [1.165, 1.54) is 0 Å². The Morgan fingerprint density at radius 1 is 1.18 bits per heavy atom. The highest BCUT2D eigenvalue weighted by atomic mass is 35.5. The van der Waals surface area contributed by atoms with Crippen LogP contribution in [0.2, 0.25) is 5.02 Å². The van der Waals surface area contributed by atoms with Crippen molar-refractivity contribution in [1.29, 1.82) is 0 Å². The SMILES string of the molecule is C/C(=N\Nc1ccc(Cl)cc1)c1cccc(-n2cnnn2)c1. The smallest absolute Gasteiger partial charge is 0.143 e. The van der Waals surface area contributed by atoms with E-state index in [2.05, 4.69) is 26.1 Å². The highest BCUT2D eigenvalue weighted by Crippen LogP contribution is 2.14. The summed E-state index contributed by atoms with van der Waals surface area (Å²) < 4.78 is 1.60. The molecule has 3 aromatic rings. The van der Waals surface area contributed by atoms with Crippen LogP contribution >= 0.6 is 11.6 Å². The predicted octanol–water partition coefficient (Wildman–Crippen LogP) is 3.15. The van der Waals surface area contributed by atoms with Gasteiger partial charge in [0.25, 0.3) is 0 Å². The average molecular weight is 313 g/mol. The molecule has 0 saturated carbocycles. The molecule has 0 atom stereocenters. The second-order valence-corrected chi connectivity index (χ2v) is 5.06. The van der Waals surface area contributed by atoms with Crippen LogP contribution in [0.4, 0.5) is 5.69 Å². The number of nitrogens with one attached hydrogen (secondary N) is 1. The average Bonchev–Trinajstić information content (AvgIpc) is 3.09. The molecule has 0 aliphatic carbocycles. The first kappa shape index (κ1) is 14.2. The van der Waals surface area contributed by atoms with E-state index in [0.717, 1.165) is 22.6 Å². The molecule has 0 saturated heterocycles. The Bertz CT molecular complexity index is 780. The Labute approximate surface area is 132 Å². The molecule has 0 fully saturated rings. The number of halogens is 1. The third-order valence-electron chi connectivity index (χ3n) is 3.07. The van der Waals surface area contributed by atoms with Crippen LogP contribution in [0.15, 0.2) is 60.0 Å². The van der Waals surface area contributed by atoms with Gasteiger partial charge in [-0.05, 0) is 59.3 Å².